The number of benzene rings is 2. The van der Waals surface area contributed by atoms with Crippen LogP contribution in [0.5, 0.6) is 0 Å². The molecule has 1 aliphatic rings. The van der Waals surface area contributed by atoms with E-state index in [1.165, 1.54) is 0 Å². The Kier molecular flexibility index (Phi) is 5.61. The Balaban J connectivity index is 1.63. The molecule has 2 amide bonds. The van der Waals surface area contributed by atoms with Gasteiger partial charge in [0.25, 0.3) is 5.91 Å². The topological polar surface area (TPSA) is 49.4 Å². The molecule has 0 unspecified atom stereocenters. The van der Waals surface area contributed by atoms with Crippen LogP contribution in [0, 0.1) is 0 Å². The van der Waals surface area contributed by atoms with Crippen LogP contribution < -0.4 is 5.32 Å². The lowest BCUT2D eigenvalue weighted by molar-refractivity contribution is -0.133. The predicted molar refractivity (Wildman–Crippen MR) is 100 cm³/mol. The molecule has 2 aromatic carbocycles. The van der Waals surface area contributed by atoms with Crippen LogP contribution in [0.3, 0.4) is 0 Å². The summed E-state index contributed by atoms with van der Waals surface area (Å²) in [5.74, 6) is -0.0216. The summed E-state index contributed by atoms with van der Waals surface area (Å²) in [6.07, 6.45) is 2.66. The molecule has 3 rings (SSSR count). The fourth-order valence-electron chi connectivity index (χ4n) is 2.79. The average Bonchev–Trinajstić information content (AvgIpc) is 2.61. The summed E-state index contributed by atoms with van der Waals surface area (Å²) in [5.41, 5.74) is 2.14. The Hall–Kier alpha value is -2.04. The fraction of sp³-hybridized carbons (Fsp3) is 0.263. The number of nitrogens with one attached hydrogen (secondary N) is 1. The van der Waals surface area contributed by atoms with Crippen molar-refractivity contribution in [2.45, 2.75) is 25.8 Å². The fourth-order valence-corrected chi connectivity index (χ4v) is 3.09. The number of hydrogen-bond acceptors (Lipinski definition) is 2. The zero-order valence-electron chi connectivity index (χ0n) is 13.6. The van der Waals surface area contributed by atoms with E-state index in [1.807, 2.05) is 17.0 Å². The largest absolute Gasteiger partial charge is 0.338 e. The second-order valence-electron chi connectivity index (χ2n) is 6.05. The van der Waals surface area contributed by atoms with Crippen molar-refractivity contribution in [3.05, 3.63) is 63.6 Å². The molecule has 0 aromatic heterocycles. The monoisotopic (exact) mass is 376 g/mol. The molecule has 0 bridgehead atoms. The highest BCUT2D eigenvalue weighted by Gasteiger charge is 2.18. The second kappa shape index (κ2) is 7.89. The first kappa shape index (κ1) is 17.8. The standard InChI is InChI=1S/C19H18Cl2N2O2/c20-16-9-8-15(11-17(16)21)22-19(25)14-6-4-13(5-7-14)12-23-10-2-1-3-18(23)24/h4-9,11H,1-3,10,12H2,(H,22,25). The second-order valence-corrected chi connectivity index (χ2v) is 6.87. The number of carbonyl (C=O) groups is 2. The van der Waals surface area contributed by atoms with Gasteiger partial charge in [0.05, 0.1) is 10.0 Å². The van der Waals surface area contributed by atoms with Gasteiger partial charge < -0.3 is 10.2 Å². The molecule has 1 fully saturated rings. The lowest BCUT2D eigenvalue weighted by atomic mass is 10.1. The molecule has 1 heterocycles. The molecule has 25 heavy (non-hydrogen) atoms. The first-order valence-corrected chi connectivity index (χ1v) is 8.91. The van der Waals surface area contributed by atoms with E-state index in [0.717, 1.165) is 24.9 Å². The highest BCUT2D eigenvalue weighted by atomic mass is 35.5. The molecule has 6 heteroatoms. The maximum Gasteiger partial charge on any atom is 0.255 e. The summed E-state index contributed by atoms with van der Waals surface area (Å²) in [7, 11) is 0. The third kappa shape index (κ3) is 4.53. The van der Waals surface area contributed by atoms with E-state index < -0.39 is 0 Å². The summed E-state index contributed by atoms with van der Waals surface area (Å²) in [6.45, 7) is 1.39. The van der Waals surface area contributed by atoms with Gasteiger partial charge in [-0.25, -0.2) is 0 Å². The van der Waals surface area contributed by atoms with Gasteiger partial charge >= 0.3 is 0 Å². The Morgan fingerprint density at radius 1 is 1.04 bits per heavy atom. The van der Waals surface area contributed by atoms with Gasteiger partial charge in [-0.2, -0.15) is 0 Å². The normalized spacial score (nSPS) is 14.5. The number of rotatable bonds is 4. The van der Waals surface area contributed by atoms with Gasteiger partial charge in [0.1, 0.15) is 0 Å². The van der Waals surface area contributed by atoms with Gasteiger partial charge in [0, 0.05) is 30.8 Å². The average molecular weight is 377 g/mol. The molecule has 0 aliphatic carbocycles. The van der Waals surface area contributed by atoms with Crippen LogP contribution in [0.1, 0.15) is 35.2 Å². The first-order valence-electron chi connectivity index (χ1n) is 8.16. The van der Waals surface area contributed by atoms with Crippen LogP contribution in [0.25, 0.3) is 0 Å². The minimum Gasteiger partial charge on any atom is -0.338 e. The number of piperidine rings is 1. The lowest BCUT2D eigenvalue weighted by Crippen LogP contribution is -2.34. The zero-order chi connectivity index (χ0) is 17.8. The van der Waals surface area contributed by atoms with Crippen LogP contribution in [0.4, 0.5) is 5.69 Å². The van der Waals surface area contributed by atoms with E-state index in [0.29, 0.717) is 34.3 Å². The van der Waals surface area contributed by atoms with Gasteiger partial charge in [0.15, 0.2) is 0 Å². The number of likely N-dealkylation sites (tertiary alicyclic amines) is 1. The van der Waals surface area contributed by atoms with Crippen LogP contribution in [0.2, 0.25) is 10.0 Å². The van der Waals surface area contributed by atoms with Crippen molar-refractivity contribution in [1.29, 1.82) is 0 Å². The van der Waals surface area contributed by atoms with Gasteiger partial charge in [-0.1, -0.05) is 35.3 Å². The summed E-state index contributed by atoms with van der Waals surface area (Å²) in [5, 5.41) is 3.62. The number of carbonyl (C=O) groups excluding carboxylic acids is 2. The molecule has 0 saturated carbocycles. The third-order valence-corrected chi connectivity index (χ3v) is 4.93. The number of amides is 2. The van der Waals surface area contributed by atoms with Crippen LogP contribution in [-0.4, -0.2) is 23.3 Å². The van der Waals surface area contributed by atoms with Gasteiger partial charge in [-0.05, 0) is 48.7 Å². The molecule has 0 spiro atoms. The van der Waals surface area contributed by atoms with Crippen LogP contribution in [-0.2, 0) is 11.3 Å². The van der Waals surface area contributed by atoms with Crippen molar-refractivity contribution in [1.82, 2.24) is 4.90 Å². The summed E-state index contributed by atoms with van der Waals surface area (Å²) in [6, 6.07) is 12.2. The Morgan fingerprint density at radius 3 is 2.48 bits per heavy atom. The van der Waals surface area contributed by atoms with E-state index >= 15 is 0 Å². The summed E-state index contributed by atoms with van der Waals surface area (Å²) in [4.78, 5) is 26.1. The number of halogens is 2. The number of hydrogen-bond donors (Lipinski definition) is 1. The SMILES string of the molecule is O=C(Nc1ccc(Cl)c(Cl)c1)c1ccc(CN2CCCCC2=O)cc1. The Bertz CT molecular complexity index is 791. The zero-order valence-corrected chi connectivity index (χ0v) is 15.1. The summed E-state index contributed by atoms with van der Waals surface area (Å²) >= 11 is 11.8. The molecule has 130 valence electrons. The Labute approximate surface area is 156 Å². The molecule has 1 N–H and O–H groups in total. The molecular weight excluding hydrogens is 359 g/mol. The number of nitrogens with zero attached hydrogens (tertiary/aromatic N) is 1. The van der Waals surface area contributed by atoms with E-state index in [-0.39, 0.29) is 11.8 Å². The van der Waals surface area contributed by atoms with Gasteiger partial charge in [-0.15, -0.1) is 0 Å². The molecule has 4 nitrogen and oxygen atoms in total. The van der Waals surface area contributed by atoms with Crippen LogP contribution >= 0.6 is 23.2 Å². The predicted octanol–water partition coefficient (Wildman–Crippen LogP) is 4.76. The first-order chi connectivity index (χ1) is 12.0. The minimum absolute atomic E-state index is 0.202. The maximum absolute atomic E-state index is 12.3. The molecule has 1 saturated heterocycles. The van der Waals surface area contributed by atoms with Crippen molar-refractivity contribution in [3.8, 4) is 0 Å². The maximum atomic E-state index is 12.3. The molecular formula is C19H18Cl2N2O2. The summed E-state index contributed by atoms with van der Waals surface area (Å²) < 4.78 is 0. The van der Waals surface area contributed by atoms with E-state index in [4.69, 9.17) is 23.2 Å². The van der Waals surface area contributed by atoms with Gasteiger partial charge in [-0.3, -0.25) is 9.59 Å². The quantitative estimate of drug-likeness (QED) is 0.835. The molecule has 0 atom stereocenters. The van der Waals surface area contributed by atoms with Crippen molar-refractivity contribution in [2.24, 2.45) is 0 Å². The third-order valence-electron chi connectivity index (χ3n) is 4.19. The van der Waals surface area contributed by atoms with Crippen molar-refractivity contribution in [3.63, 3.8) is 0 Å². The lowest BCUT2D eigenvalue weighted by Gasteiger charge is -2.26. The van der Waals surface area contributed by atoms with E-state index in [2.05, 4.69) is 5.32 Å². The highest BCUT2D eigenvalue weighted by molar-refractivity contribution is 6.42. The van der Waals surface area contributed by atoms with E-state index in [9.17, 15) is 9.59 Å². The number of anilines is 1. The van der Waals surface area contributed by atoms with Crippen molar-refractivity contribution in [2.75, 3.05) is 11.9 Å². The van der Waals surface area contributed by atoms with Crippen molar-refractivity contribution >= 4 is 40.7 Å². The molecule has 1 aliphatic heterocycles. The van der Waals surface area contributed by atoms with E-state index in [1.54, 1.807) is 30.3 Å². The molecule has 2 aromatic rings. The van der Waals surface area contributed by atoms with Crippen LogP contribution in [0.15, 0.2) is 42.5 Å². The van der Waals surface area contributed by atoms with Gasteiger partial charge in [0.2, 0.25) is 5.91 Å². The highest BCUT2D eigenvalue weighted by Crippen LogP contribution is 2.25. The smallest absolute Gasteiger partial charge is 0.255 e. The Morgan fingerprint density at radius 2 is 1.80 bits per heavy atom. The molecule has 0 radical (unpaired) electrons. The van der Waals surface area contributed by atoms with Crippen molar-refractivity contribution < 1.29 is 9.59 Å². The minimum atomic E-state index is -0.223.